The zero-order valence-corrected chi connectivity index (χ0v) is 14.6. The van der Waals surface area contributed by atoms with Gasteiger partial charge in [-0.25, -0.2) is 4.79 Å². The van der Waals surface area contributed by atoms with E-state index in [0.29, 0.717) is 18.2 Å². The van der Waals surface area contributed by atoms with Crippen molar-refractivity contribution < 1.29 is 9.53 Å². The minimum atomic E-state index is -0.298. The fourth-order valence-electron chi connectivity index (χ4n) is 3.55. The third kappa shape index (κ3) is 3.37. The molecule has 0 atom stereocenters. The zero-order valence-electron chi connectivity index (χ0n) is 14.6. The van der Waals surface area contributed by atoms with Gasteiger partial charge in [0.1, 0.15) is 5.56 Å². The Hall–Kier alpha value is -2.10. The number of carbonyl (C=O) groups is 1. The average molecular weight is 326 g/mol. The van der Waals surface area contributed by atoms with Gasteiger partial charge in [-0.1, -0.05) is 44.4 Å². The number of aromatic nitrogens is 1. The fraction of sp³-hybridized carbons (Fsp3) is 0.500. The van der Waals surface area contributed by atoms with E-state index in [1.54, 1.807) is 6.20 Å². The highest BCUT2D eigenvalue weighted by Gasteiger charge is 2.22. The van der Waals surface area contributed by atoms with Gasteiger partial charge in [0.2, 0.25) is 0 Å². The Kier molecular flexibility index (Phi) is 5.34. The first-order chi connectivity index (χ1) is 11.7. The molecule has 0 radical (unpaired) electrons. The van der Waals surface area contributed by atoms with Gasteiger partial charge in [-0.3, -0.25) is 4.98 Å². The van der Waals surface area contributed by atoms with Crippen molar-refractivity contribution in [1.29, 1.82) is 0 Å². The molecule has 4 heteroatoms. The van der Waals surface area contributed by atoms with E-state index < -0.39 is 0 Å². The Morgan fingerprint density at radius 3 is 2.79 bits per heavy atom. The number of carbonyl (C=O) groups excluding carboxylic acids is 1. The maximum atomic E-state index is 12.4. The van der Waals surface area contributed by atoms with Crippen LogP contribution in [0.5, 0.6) is 0 Å². The summed E-state index contributed by atoms with van der Waals surface area (Å²) in [6.45, 7) is 4.37. The molecular formula is C20H26N2O2. The monoisotopic (exact) mass is 326 g/mol. The van der Waals surface area contributed by atoms with E-state index in [9.17, 15) is 4.79 Å². The van der Waals surface area contributed by atoms with E-state index in [4.69, 9.17) is 4.74 Å². The fourth-order valence-corrected chi connectivity index (χ4v) is 3.55. The van der Waals surface area contributed by atoms with Crippen molar-refractivity contribution in [3.8, 4) is 0 Å². The van der Waals surface area contributed by atoms with E-state index in [1.807, 2.05) is 6.92 Å². The summed E-state index contributed by atoms with van der Waals surface area (Å²) in [5, 5.41) is 4.65. The lowest BCUT2D eigenvalue weighted by molar-refractivity contribution is 0.0527. The van der Waals surface area contributed by atoms with Gasteiger partial charge in [-0.2, -0.15) is 0 Å². The van der Waals surface area contributed by atoms with Gasteiger partial charge < -0.3 is 10.1 Å². The molecule has 0 amide bonds. The molecule has 1 fully saturated rings. The van der Waals surface area contributed by atoms with Gasteiger partial charge >= 0.3 is 5.97 Å². The number of aryl methyl sites for hydroxylation is 1. The van der Waals surface area contributed by atoms with Gasteiger partial charge in [0.25, 0.3) is 0 Å². The van der Waals surface area contributed by atoms with Crippen LogP contribution in [0.4, 0.5) is 5.69 Å². The van der Waals surface area contributed by atoms with Crippen LogP contribution in [0, 0.1) is 0 Å². The molecule has 1 heterocycles. The molecule has 24 heavy (non-hydrogen) atoms. The van der Waals surface area contributed by atoms with Crippen LogP contribution in [0.2, 0.25) is 0 Å². The number of para-hydroxylation sites is 1. The molecule has 0 unspecified atom stereocenters. The van der Waals surface area contributed by atoms with Crippen LogP contribution in [0.1, 0.15) is 61.9 Å². The molecule has 1 saturated carbocycles. The van der Waals surface area contributed by atoms with E-state index in [0.717, 1.165) is 42.3 Å². The van der Waals surface area contributed by atoms with E-state index in [-0.39, 0.29) is 5.97 Å². The predicted octanol–water partition coefficient (Wildman–Crippen LogP) is 4.72. The lowest BCUT2D eigenvalue weighted by Crippen LogP contribution is -2.18. The normalized spacial score (nSPS) is 14.9. The molecule has 1 aliphatic carbocycles. The summed E-state index contributed by atoms with van der Waals surface area (Å²) in [4.78, 5) is 17.0. The van der Waals surface area contributed by atoms with Crippen molar-refractivity contribution in [1.82, 2.24) is 4.98 Å². The summed E-state index contributed by atoms with van der Waals surface area (Å²) < 4.78 is 5.24. The smallest absolute Gasteiger partial charge is 0.341 e. The third-order valence-electron chi connectivity index (χ3n) is 4.70. The van der Waals surface area contributed by atoms with Crippen LogP contribution in [0.25, 0.3) is 10.9 Å². The highest BCUT2D eigenvalue weighted by Crippen LogP contribution is 2.32. The summed E-state index contributed by atoms with van der Waals surface area (Å²) in [6, 6.07) is 6.67. The molecule has 4 nitrogen and oxygen atoms in total. The number of pyridine rings is 1. The topological polar surface area (TPSA) is 51.2 Å². The van der Waals surface area contributed by atoms with Crippen molar-refractivity contribution in [3.63, 3.8) is 0 Å². The van der Waals surface area contributed by atoms with Crippen LogP contribution in [-0.2, 0) is 11.2 Å². The quantitative estimate of drug-likeness (QED) is 0.781. The first kappa shape index (κ1) is 16.7. The van der Waals surface area contributed by atoms with Crippen LogP contribution >= 0.6 is 0 Å². The first-order valence-corrected chi connectivity index (χ1v) is 9.08. The Balaban J connectivity index is 2.10. The minimum absolute atomic E-state index is 0.298. The number of ether oxygens (including phenoxy) is 1. The Morgan fingerprint density at radius 2 is 2.08 bits per heavy atom. The average Bonchev–Trinajstić information content (AvgIpc) is 3.09. The standard InChI is InChI=1S/C20H26N2O2/c1-3-8-14-9-7-12-16-18(14)21-13-17(20(23)24-4-2)19(16)22-15-10-5-6-11-15/h7,9,12-13,15H,3-6,8,10-11H2,1-2H3,(H,21,22). The van der Waals surface area contributed by atoms with Crippen LogP contribution < -0.4 is 5.32 Å². The predicted molar refractivity (Wildman–Crippen MR) is 97.6 cm³/mol. The lowest BCUT2D eigenvalue weighted by Gasteiger charge is -2.19. The van der Waals surface area contributed by atoms with Gasteiger partial charge in [0, 0.05) is 17.6 Å². The number of esters is 1. The summed E-state index contributed by atoms with van der Waals surface area (Å²) in [7, 11) is 0. The highest BCUT2D eigenvalue weighted by atomic mass is 16.5. The maximum absolute atomic E-state index is 12.4. The number of anilines is 1. The molecule has 1 aromatic carbocycles. The number of nitrogens with zero attached hydrogens (tertiary/aromatic N) is 1. The van der Waals surface area contributed by atoms with Gasteiger partial charge in [0.05, 0.1) is 17.8 Å². The minimum Gasteiger partial charge on any atom is -0.462 e. The molecule has 128 valence electrons. The lowest BCUT2D eigenvalue weighted by atomic mass is 10.0. The molecule has 1 N–H and O–H groups in total. The summed E-state index contributed by atoms with van der Waals surface area (Å²) in [5.74, 6) is -0.298. The molecule has 2 aromatic rings. The molecule has 0 saturated heterocycles. The third-order valence-corrected chi connectivity index (χ3v) is 4.70. The molecular weight excluding hydrogens is 300 g/mol. The number of fused-ring (bicyclic) bond motifs is 1. The van der Waals surface area contributed by atoms with Crippen molar-refractivity contribution in [2.45, 2.75) is 58.4 Å². The van der Waals surface area contributed by atoms with Crippen molar-refractivity contribution in [2.75, 3.05) is 11.9 Å². The second-order valence-electron chi connectivity index (χ2n) is 6.46. The summed E-state index contributed by atoms with van der Waals surface area (Å²) >= 11 is 0. The Labute approximate surface area is 143 Å². The second kappa shape index (κ2) is 7.65. The number of rotatable bonds is 6. The maximum Gasteiger partial charge on any atom is 0.341 e. The largest absolute Gasteiger partial charge is 0.462 e. The SMILES string of the molecule is CCCc1cccc2c(NC3CCCC3)c(C(=O)OCC)cnc12. The molecule has 3 rings (SSSR count). The Bertz CT molecular complexity index is 721. The van der Waals surface area contributed by atoms with Crippen molar-refractivity contribution >= 4 is 22.6 Å². The first-order valence-electron chi connectivity index (χ1n) is 9.08. The summed E-state index contributed by atoms with van der Waals surface area (Å²) in [6.07, 6.45) is 8.54. The Morgan fingerprint density at radius 1 is 1.29 bits per heavy atom. The van der Waals surface area contributed by atoms with Gasteiger partial charge in [-0.15, -0.1) is 0 Å². The highest BCUT2D eigenvalue weighted by molar-refractivity contribution is 6.05. The van der Waals surface area contributed by atoms with Crippen LogP contribution in [0.15, 0.2) is 24.4 Å². The molecule has 0 bridgehead atoms. The van der Waals surface area contributed by atoms with Crippen LogP contribution in [-0.4, -0.2) is 23.6 Å². The molecule has 1 aliphatic rings. The van der Waals surface area contributed by atoms with Crippen molar-refractivity contribution in [2.24, 2.45) is 0 Å². The second-order valence-corrected chi connectivity index (χ2v) is 6.46. The van der Waals surface area contributed by atoms with E-state index in [2.05, 4.69) is 35.4 Å². The molecule has 1 aromatic heterocycles. The van der Waals surface area contributed by atoms with Gasteiger partial charge in [0.15, 0.2) is 0 Å². The van der Waals surface area contributed by atoms with E-state index >= 15 is 0 Å². The summed E-state index contributed by atoms with van der Waals surface area (Å²) in [5.41, 5.74) is 3.67. The van der Waals surface area contributed by atoms with Crippen molar-refractivity contribution in [3.05, 3.63) is 35.5 Å². The van der Waals surface area contributed by atoms with Gasteiger partial charge in [-0.05, 0) is 31.7 Å². The van der Waals surface area contributed by atoms with Crippen LogP contribution in [0.3, 0.4) is 0 Å². The number of hydrogen-bond acceptors (Lipinski definition) is 4. The number of hydrogen-bond donors (Lipinski definition) is 1. The number of nitrogens with one attached hydrogen (secondary N) is 1. The number of benzene rings is 1. The molecule has 0 aliphatic heterocycles. The zero-order chi connectivity index (χ0) is 16.9. The molecule has 0 spiro atoms. The van der Waals surface area contributed by atoms with E-state index in [1.165, 1.54) is 18.4 Å².